The maximum absolute atomic E-state index is 12.8. The van der Waals surface area contributed by atoms with E-state index in [4.69, 9.17) is 21.1 Å². The third-order valence-electron chi connectivity index (χ3n) is 3.93. The number of benzene rings is 2. The van der Waals surface area contributed by atoms with Crippen LogP contribution in [0.25, 0.3) is 0 Å². The van der Waals surface area contributed by atoms with Gasteiger partial charge < -0.3 is 14.8 Å². The van der Waals surface area contributed by atoms with Gasteiger partial charge in [-0.05, 0) is 29.1 Å². The molecule has 2 aromatic carbocycles. The van der Waals surface area contributed by atoms with E-state index in [9.17, 15) is 4.79 Å². The topological polar surface area (TPSA) is 47.6 Å². The van der Waals surface area contributed by atoms with Crippen molar-refractivity contribution in [3.63, 3.8) is 0 Å². The summed E-state index contributed by atoms with van der Waals surface area (Å²) in [6.45, 7) is 0.113. The minimum absolute atomic E-state index is 0.113. The smallest absolute Gasteiger partial charge is 0.252 e. The molecule has 3 aromatic rings. The predicted octanol–water partition coefficient (Wildman–Crippen LogP) is 4.65. The molecule has 4 rings (SSSR count). The molecule has 0 aliphatic carbocycles. The molecule has 1 unspecified atom stereocenters. The Kier molecular flexibility index (Phi) is 4.34. The van der Waals surface area contributed by atoms with E-state index in [-0.39, 0.29) is 18.7 Å². The number of amides is 1. The summed E-state index contributed by atoms with van der Waals surface area (Å²) in [4.78, 5) is 13.9. The Labute approximate surface area is 154 Å². The summed E-state index contributed by atoms with van der Waals surface area (Å²) < 4.78 is 10.6. The van der Waals surface area contributed by atoms with E-state index in [1.54, 1.807) is 23.5 Å². The van der Waals surface area contributed by atoms with Crippen molar-refractivity contribution >= 4 is 28.8 Å². The van der Waals surface area contributed by atoms with Crippen LogP contribution in [0.1, 0.15) is 26.8 Å². The molecule has 4 nitrogen and oxygen atoms in total. The first-order chi connectivity index (χ1) is 12.2. The minimum atomic E-state index is -0.224. The quantitative estimate of drug-likeness (QED) is 0.726. The van der Waals surface area contributed by atoms with Gasteiger partial charge in [0.25, 0.3) is 5.91 Å². The Morgan fingerprint density at radius 2 is 1.96 bits per heavy atom. The number of hydrogen-bond acceptors (Lipinski definition) is 4. The fourth-order valence-electron chi connectivity index (χ4n) is 2.73. The molecule has 0 fully saturated rings. The molecule has 1 amide bonds. The lowest BCUT2D eigenvalue weighted by atomic mass is 10.0. The molecule has 1 aliphatic rings. The first kappa shape index (κ1) is 16.0. The minimum Gasteiger partial charge on any atom is -0.454 e. The number of thiophene rings is 1. The molecular formula is C19H14ClNO3S. The second kappa shape index (κ2) is 6.78. The van der Waals surface area contributed by atoms with Crippen LogP contribution in [0.2, 0.25) is 5.02 Å². The van der Waals surface area contributed by atoms with Crippen molar-refractivity contribution < 1.29 is 14.3 Å². The van der Waals surface area contributed by atoms with E-state index in [1.165, 1.54) is 0 Å². The van der Waals surface area contributed by atoms with Crippen LogP contribution in [0.3, 0.4) is 0 Å². The molecule has 1 atom stereocenters. The van der Waals surface area contributed by atoms with Crippen LogP contribution in [-0.2, 0) is 0 Å². The van der Waals surface area contributed by atoms with Crippen molar-refractivity contribution in [2.24, 2.45) is 0 Å². The zero-order valence-corrected chi connectivity index (χ0v) is 14.6. The lowest BCUT2D eigenvalue weighted by Gasteiger charge is -2.18. The molecule has 126 valence electrons. The van der Waals surface area contributed by atoms with Crippen LogP contribution in [0.5, 0.6) is 11.5 Å². The number of halogens is 1. The monoisotopic (exact) mass is 371 g/mol. The second-order valence-corrected chi connectivity index (χ2v) is 6.91. The first-order valence-corrected chi connectivity index (χ1v) is 8.96. The lowest BCUT2D eigenvalue weighted by Crippen LogP contribution is -2.28. The Balaban J connectivity index is 1.65. The Hall–Kier alpha value is -2.50. The maximum atomic E-state index is 12.8. The Morgan fingerprint density at radius 3 is 2.72 bits per heavy atom. The van der Waals surface area contributed by atoms with Crippen molar-refractivity contribution in [3.05, 3.63) is 81.0 Å². The van der Waals surface area contributed by atoms with Crippen molar-refractivity contribution in [3.8, 4) is 11.5 Å². The van der Waals surface area contributed by atoms with Crippen molar-refractivity contribution in [1.82, 2.24) is 5.32 Å². The molecule has 0 spiro atoms. The van der Waals surface area contributed by atoms with Gasteiger partial charge in [-0.3, -0.25) is 4.79 Å². The number of ether oxygens (including phenoxy) is 2. The van der Waals surface area contributed by atoms with Gasteiger partial charge >= 0.3 is 0 Å². The van der Waals surface area contributed by atoms with E-state index in [2.05, 4.69) is 5.32 Å². The highest BCUT2D eigenvalue weighted by molar-refractivity contribution is 7.10. The first-order valence-electron chi connectivity index (χ1n) is 7.71. The molecule has 0 bridgehead atoms. The highest BCUT2D eigenvalue weighted by atomic mass is 35.5. The van der Waals surface area contributed by atoms with Gasteiger partial charge in [0, 0.05) is 10.4 Å². The largest absolute Gasteiger partial charge is 0.454 e. The van der Waals surface area contributed by atoms with E-state index in [0.29, 0.717) is 22.1 Å². The predicted molar refractivity (Wildman–Crippen MR) is 97.6 cm³/mol. The summed E-state index contributed by atoms with van der Waals surface area (Å²) in [5.41, 5.74) is 1.46. The number of fused-ring (bicyclic) bond motifs is 1. The molecule has 2 heterocycles. The third-order valence-corrected chi connectivity index (χ3v) is 5.14. The summed E-state index contributed by atoms with van der Waals surface area (Å²) in [6.07, 6.45) is 0. The van der Waals surface area contributed by atoms with Crippen LogP contribution in [0.15, 0.2) is 60.0 Å². The molecule has 1 N–H and O–H groups in total. The summed E-state index contributed by atoms with van der Waals surface area (Å²) >= 11 is 7.79. The number of rotatable bonds is 4. The van der Waals surface area contributed by atoms with Gasteiger partial charge in [0.1, 0.15) is 0 Å². The van der Waals surface area contributed by atoms with Crippen LogP contribution >= 0.6 is 22.9 Å². The van der Waals surface area contributed by atoms with Crippen LogP contribution in [-0.4, -0.2) is 12.7 Å². The molecule has 1 aliphatic heterocycles. The Morgan fingerprint density at radius 1 is 1.12 bits per heavy atom. The van der Waals surface area contributed by atoms with E-state index in [0.717, 1.165) is 10.4 Å². The summed E-state index contributed by atoms with van der Waals surface area (Å²) in [7, 11) is 0. The maximum Gasteiger partial charge on any atom is 0.252 e. The van der Waals surface area contributed by atoms with Crippen LogP contribution in [0.4, 0.5) is 0 Å². The summed E-state index contributed by atoms with van der Waals surface area (Å²) in [6, 6.07) is 16.9. The SMILES string of the molecule is O=C(NC(c1ccccc1)c1cccs1)c1cc(Cl)c2c(c1)OCO2. The zero-order chi connectivity index (χ0) is 17.2. The summed E-state index contributed by atoms with van der Waals surface area (Å²) in [5, 5.41) is 5.45. The highest BCUT2D eigenvalue weighted by Crippen LogP contribution is 2.40. The van der Waals surface area contributed by atoms with Gasteiger partial charge in [-0.15, -0.1) is 11.3 Å². The van der Waals surface area contributed by atoms with Gasteiger partial charge in [-0.2, -0.15) is 0 Å². The average molecular weight is 372 g/mol. The number of hydrogen-bond donors (Lipinski definition) is 1. The highest BCUT2D eigenvalue weighted by Gasteiger charge is 2.23. The lowest BCUT2D eigenvalue weighted by molar-refractivity contribution is 0.0943. The molecular weight excluding hydrogens is 358 g/mol. The summed E-state index contributed by atoms with van der Waals surface area (Å²) in [5.74, 6) is 0.753. The molecule has 0 saturated carbocycles. The molecule has 1 aromatic heterocycles. The number of carbonyl (C=O) groups excluding carboxylic acids is 1. The van der Waals surface area contributed by atoms with Crippen LogP contribution in [0, 0.1) is 0 Å². The van der Waals surface area contributed by atoms with Gasteiger partial charge in [0.2, 0.25) is 6.79 Å². The molecule has 6 heteroatoms. The number of nitrogens with one attached hydrogen (secondary N) is 1. The standard InChI is InChI=1S/C19H14ClNO3S/c20-14-9-13(10-15-18(14)24-11-23-15)19(22)21-17(16-7-4-8-25-16)12-5-2-1-3-6-12/h1-10,17H,11H2,(H,21,22). The fourth-order valence-corrected chi connectivity index (χ4v) is 3.80. The van der Waals surface area contributed by atoms with Gasteiger partial charge in [0.15, 0.2) is 11.5 Å². The average Bonchev–Trinajstić information content (AvgIpc) is 3.32. The fraction of sp³-hybridized carbons (Fsp3) is 0.105. The normalized spacial score (nSPS) is 13.5. The van der Waals surface area contributed by atoms with Crippen molar-refractivity contribution in [2.45, 2.75) is 6.04 Å². The number of carbonyl (C=O) groups is 1. The van der Waals surface area contributed by atoms with Gasteiger partial charge in [0.05, 0.1) is 11.1 Å². The van der Waals surface area contributed by atoms with Gasteiger partial charge in [-0.25, -0.2) is 0 Å². The van der Waals surface area contributed by atoms with E-state index < -0.39 is 0 Å². The van der Waals surface area contributed by atoms with Gasteiger partial charge in [-0.1, -0.05) is 48.0 Å². The molecule has 25 heavy (non-hydrogen) atoms. The molecule has 0 saturated heterocycles. The van der Waals surface area contributed by atoms with E-state index >= 15 is 0 Å². The third kappa shape index (κ3) is 3.21. The molecule has 0 radical (unpaired) electrons. The van der Waals surface area contributed by atoms with Crippen molar-refractivity contribution in [2.75, 3.05) is 6.79 Å². The van der Waals surface area contributed by atoms with Crippen LogP contribution < -0.4 is 14.8 Å². The van der Waals surface area contributed by atoms with E-state index in [1.807, 2.05) is 47.8 Å². The zero-order valence-electron chi connectivity index (χ0n) is 13.1. The van der Waals surface area contributed by atoms with Crippen molar-refractivity contribution in [1.29, 1.82) is 0 Å². The second-order valence-electron chi connectivity index (χ2n) is 5.52. The Bertz CT molecular complexity index is 897.